The molecular weight excluding hydrogens is 340 g/mol. The van der Waals surface area contributed by atoms with Crippen molar-refractivity contribution in [3.63, 3.8) is 0 Å². The monoisotopic (exact) mass is 374 g/mol. The van der Waals surface area contributed by atoms with E-state index in [-0.39, 0.29) is 12.1 Å². The third-order valence-electron chi connectivity index (χ3n) is 2.67. The Morgan fingerprint density at radius 1 is 0.692 bits per heavy atom. The minimum atomic E-state index is -0.763. The Hall–Kier alpha value is -2.19. The summed E-state index contributed by atoms with van der Waals surface area (Å²) in [5.41, 5.74) is 3.42. The fraction of sp³-hybridized carbons (Fsp3) is 0.824. The Morgan fingerprint density at radius 2 is 0.962 bits per heavy atom. The molecule has 0 rings (SSSR count). The van der Waals surface area contributed by atoms with E-state index in [0.29, 0.717) is 0 Å². The number of carbonyl (C=O) groups excluding carboxylic acids is 3. The molecule has 0 saturated heterocycles. The first kappa shape index (κ1) is 23.8. The molecule has 0 heterocycles. The lowest BCUT2D eigenvalue weighted by molar-refractivity contribution is 0.0166. The summed E-state index contributed by atoms with van der Waals surface area (Å²) in [6, 6.07) is -1.37. The van der Waals surface area contributed by atoms with Crippen LogP contribution in [0.15, 0.2) is 0 Å². The van der Waals surface area contributed by atoms with Crippen LogP contribution < -0.4 is 10.9 Å². The topological polar surface area (TPSA) is 100 Å². The van der Waals surface area contributed by atoms with Gasteiger partial charge in [-0.3, -0.25) is 0 Å². The summed E-state index contributed by atoms with van der Waals surface area (Å²) in [4.78, 5) is 36.9. The normalized spacial score (nSPS) is 11.8. The SMILES string of the molecule is CC(C)N(NC(=O)OC(C)(C)C)C(=O)N(NC(=O)OC(C)(C)C)C(C)C. The van der Waals surface area contributed by atoms with Crippen LogP contribution in [0.2, 0.25) is 0 Å². The highest BCUT2D eigenvalue weighted by Crippen LogP contribution is 2.11. The second-order valence-electron chi connectivity index (χ2n) is 8.44. The van der Waals surface area contributed by atoms with E-state index in [4.69, 9.17) is 9.47 Å². The first-order chi connectivity index (χ1) is 11.5. The molecule has 0 atom stereocenters. The van der Waals surface area contributed by atoms with Crippen LogP contribution in [0.3, 0.4) is 0 Å². The van der Waals surface area contributed by atoms with Gasteiger partial charge in [-0.25, -0.2) is 35.3 Å². The third kappa shape index (κ3) is 9.33. The smallest absolute Gasteiger partial charge is 0.426 e. The molecule has 152 valence electrons. The van der Waals surface area contributed by atoms with Crippen LogP contribution in [0.4, 0.5) is 14.4 Å². The number of nitrogens with zero attached hydrogens (tertiary/aromatic N) is 2. The number of hydrogen-bond acceptors (Lipinski definition) is 5. The van der Waals surface area contributed by atoms with E-state index in [1.165, 1.54) is 0 Å². The number of carbonyl (C=O) groups is 3. The number of hydrazine groups is 2. The van der Waals surface area contributed by atoms with Crippen LogP contribution in [-0.4, -0.2) is 51.5 Å². The lowest BCUT2D eigenvalue weighted by Gasteiger charge is -2.35. The lowest BCUT2D eigenvalue weighted by atomic mass is 10.2. The van der Waals surface area contributed by atoms with Gasteiger partial charge in [0.2, 0.25) is 0 Å². The van der Waals surface area contributed by atoms with Crippen LogP contribution in [-0.2, 0) is 9.47 Å². The van der Waals surface area contributed by atoms with Gasteiger partial charge in [0, 0.05) is 12.1 Å². The molecule has 0 saturated carbocycles. The molecule has 0 radical (unpaired) electrons. The van der Waals surface area contributed by atoms with Crippen molar-refractivity contribution in [1.29, 1.82) is 0 Å². The Labute approximate surface area is 156 Å². The first-order valence-electron chi connectivity index (χ1n) is 8.65. The van der Waals surface area contributed by atoms with Gasteiger partial charge >= 0.3 is 18.2 Å². The van der Waals surface area contributed by atoms with Gasteiger partial charge in [-0.05, 0) is 69.2 Å². The molecule has 0 aromatic heterocycles. The standard InChI is InChI=1S/C17H34N4O5/c1-11(2)20(18-13(22)25-16(5,6)7)15(24)21(12(3)4)19-14(23)26-17(8,9)10/h11-12H,1-10H3,(H,18,22)(H,19,23). The van der Waals surface area contributed by atoms with E-state index >= 15 is 0 Å². The molecule has 0 aliphatic carbocycles. The molecule has 0 aromatic carbocycles. The van der Waals surface area contributed by atoms with E-state index < -0.39 is 29.4 Å². The van der Waals surface area contributed by atoms with E-state index in [0.717, 1.165) is 10.0 Å². The zero-order chi connectivity index (χ0) is 20.9. The van der Waals surface area contributed by atoms with E-state index in [1.807, 2.05) is 0 Å². The quantitative estimate of drug-likeness (QED) is 0.722. The number of hydrogen-bond donors (Lipinski definition) is 2. The zero-order valence-corrected chi connectivity index (χ0v) is 17.6. The highest BCUT2D eigenvalue weighted by atomic mass is 16.6. The Kier molecular flexibility index (Phi) is 8.20. The largest absolute Gasteiger partial charge is 0.443 e. The van der Waals surface area contributed by atoms with Crippen molar-refractivity contribution in [2.75, 3.05) is 0 Å². The van der Waals surface area contributed by atoms with Crippen molar-refractivity contribution in [3.8, 4) is 0 Å². The number of nitrogens with one attached hydrogen (secondary N) is 2. The average Bonchev–Trinajstić information content (AvgIpc) is 2.36. The number of urea groups is 1. The van der Waals surface area contributed by atoms with Gasteiger partial charge < -0.3 is 9.47 Å². The van der Waals surface area contributed by atoms with Gasteiger partial charge in [-0.15, -0.1) is 0 Å². The number of amides is 4. The second-order valence-corrected chi connectivity index (χ2v) is 8.44. The molecule has 4 amide bonds. The van der Waals surface area contributed by atoms with E-state index in [9.17, 15) is 14.4 Å². The van der Waals surface area contributed by atoms with Crippen molar-refractivity contribution in [2.45, 2.75) is 92.5 Å². The Morgan fingerprint density at radius 3 is 1.15 bits per heavy atom. The molecule has 0 aromatic rings. The molecule has 0 bridgehead atoms. The maximum Gasteiger partial charge on any atom is 0.426 e. The number of ether oxygens (including phenoxy) is 2. The number of rotatable bonds is 2. The van der Waals surface area contributed by atoms with Crippen molar-refractivity contribution in [1.82, 2.24) is 20.9 Å². The van der Waals surface area contributed by atoms with E-state index in [2.05, 4.69) is 10.9 Å². The van der Waals surface area contributed by atoms with Crippen molar-refractivity contribution in [3.05, 3.63) is 0 Å². The first-order valence-corrected chi connectivity index (χ1v) is 8.65. The van der Waals surface area contributed by atoms with Crippen molar-refractivity contribution >= 4 is 18.2 Å². The molecule has 0 spiro atoms. The minimum Gasteiger partial charge on any atom is -0.443 e. The summed E-state index contributed by atoms with van der Waals surface area (Å²) in [6.45, 7) is 17.2. The van der Waals surface area contributed by atoms with Gasteiger partial charge in [-0.1, -0.05) is 0 Å². The van der Waals surface area contributed by atoms with Gasteiger partial charge in [0.1, 0.15) is 11.2 Å². The molecule has 0 fully saturated rings. The second kappa shape index (κ2) is 8.95. The summed E-state index contributed by atoms with van der Waals surface area (Å²) in [5.74, 6) is 0. The Balaban J connectivity index is 5.24. The van der Waals surface area contributed by atoms with Crippen LogP contribution in [0.1, 0.15) is 69.2 Å². The molecule has 26 heavy (non-hydrogen) atoms. The predicted molar refractivity (Wildman–Crippen MR) is 98.1 cm³/mol. The fourth-order valence-electron chi connectivity index (χ4n) is 1.71. The highest BCUT2D eigenvalue weighted by Gasteiger charge is 2.31. The summed E-state index contributed by atoms with van der Waals surface area (Å²) in [7, 11) is 0. The van der Waals surface area contributed by atoms with Gasteiger partial charge in [0.15, 0.2) is 0 Å². The highest BCUT2D eigenvalue weighted by molar-refractivity contribution is 5.80. The van der Waals surface area contributed by atoms with Gasteiger partial charge in [-0.2, -0.15) is 0 Å². The van der Waals surface area contributed by atoms with Crippen molar-refractivity contribution < 1.29 is 23.9 Å². The minimum absolute atomic E-state index is 0.378. The van der Waals surface area contributed by atoms with E-state index in [1.54, 1.807) is 69.2 Å². The molecule has 2 N–H and O–H groups in total. The van der Waals surface area contributed by atoms with Crippen molar-refractivity contribution in [2.24, 2.45) is 0 Å². The van der Waals surface area contributed by atoms with Gasteiger partial charge in [0.25, 0.3) is 0 Å². The summed E-state index contributed by atoms with van der Waals surface area (Å²) in [5, 5.41) is 2.18. The third-order valence-corrected chi connectivity index (χ3v) is 2.67. The summed E-state index contributed by atoms with van der Waals surface area (Å²) >= 11 is 0. The zero-order valence-electron chi connectivity index (χ0n) is 17.6. The lowest BCUT2D eigenvalue weighted by Crippen LogP contribution is -2.61. The predicted octanol–water partition coefficient (Wildman–Crippen LogP) is 3.41. The van der Waals surface area contributed by atoms with Gasteiger partial charge in [0.05, 0.1) is 0 Å². The molecule has 0 aliphatic heterocycles. The van der Waals surface area contributed by atoms with Crippen LogP contribution >= 0.6 is 0 Å². The maximum atomic E-state index is 12.8. The van der Waals surface area contributed by atoms with Crippen LogP contribution in [0, 0.1) is 0 Å². The molecule has 0 unspecified atom stereocenters. The molecule has 9 heteroatoms. The maximum absolute atomic E-state index is 12.8. The molecule has 0 aliphatic rings. The Bertz CT molecular complexity index is 462. The molecule has 9 nitrogen and oxygen atoms in total. The molecular formula is C17H34N4O5. The summed E-state index contributed by atoms with van der Waals surface area (Å²) in [6.07, 6.45) is -1.53. The summed E-state index contributed by atoms with van der Waals surface area (Å²) < 4.78 is 10.4. The average molecular weight is 374 g/mol. The fourth-order valence-corrected chi connectivity index (χ4v) is 1.71. The van der Waals surface area contributed by atoms with Crippen LogP contribution in [0.25, 0.3) is 0 Å². The van der Waals surface area contributed by atoms with Crippen LogP contribution in [0.5, 0.6) is 0 Å².